The van der Waals surface area contributed by atoms with Gasteiger partial charge in [0.05, 0.1) is 12.5 Å². The van der Waals surface area contributed by atoms with Crippen molar-refractivity contribution in [2.24, 2.45) is 5.92 Å². The Morgan fingerprint density at radius 3 is 3.10 bits per heavy atom. The summed E-state index contributed by atoms with van der Waals surface area (Å²) in [4.78, 5) is 18.3. The highest BCUT2D eigenvalue weighted by Gasteiger charge is 2.25. The summed E-state index contributed by atoms with van der Waals surface area (Å²) >= 11 is 0. The minimum atomic E-state index is -0.198. The van der Waals surface area contributed by atoms with Crippen molar-refractivity contribution in [2.75, 3.05) is 26.7 Å². The largest absolute Gasteiger partial charge is 0.371 e. The van der Waals surface area contributed by atoms with E-state index in [4.69, 9.17) is 9.26 Å². The average Bonchev–Trinajstić information content (AvgIpc) is 2.96. The second-order valence-electron chi connectivity index (χ2n) is 5.38. The van der Waals surface area contributed by atoms with E-state index in [0.29, 0.717) is 24.9 Å². The van der Waals surface area contributed by atoms with Crippen LogP contribution in [0.5, 0.6) is 0 Å². The van der Waals surface area contributed by atoms with E-state index < -0.39 is 0 Å². The Morgan fingerprint density at radius 2 is 2.43 bits per heavy atom. The Labute approximate surface area is 125 Å². The van der Waals surface area contributed by atoms with Gasteiger partial charge < -0.3 is 19.5 Å². The van der Waals surface area contributed by atoms with Gasteiger partial charge in [-0.2, -0.15) is 4.98 Å². The molecule has 1 aromatic rings. The summed E-state index contributed by atoms with van der Waals surface area (Å²) in [5.74, 6) is 1.14. The molecule has 0 bridgehead atoms. The monoisotopic (exact) mass is 296 g/mol. The second kappa shape index (κ2) is 7.51. The Hall–Kier alpha value is -1.47. The number of hydrogen-bond donors (Lipinski definition) is 1. The smallest absolute Gasteiger partial charge is 0.246 e. The maximum atomic E-state index is 12.3. The molecule has 2 unspecified atom stereocenters. The molecule has 1 aromatic heterocycles. The fourth-order valence-corrected chi connectivity index (χ4v) is 2.48. The number of carbonyl (C=O) groups excluding carboxylic acids is 1. The van der Waals surface area contributed by atoms with Crippen LogP contribution >= 0.6 is 0 Å². The molecule has 7 nitrogen and oxygen atoms in total. The molecule has 0 radical (unpaired) electrons. The van der Waals surface area contributed by atoms with E-state index >= 15 is 0 Å². The number of amides is 1. The Kier molecular flexibility index (Phi) is 5.69. The summed E-state index contributed by atoms with van der Waals surface area (Å²) in [6.07, 6.45) is 1.78. The lowest BCUT2D eigenvalue weighted by Crippen LogP contribution is -2.41. The van der Waals surface area contributed by atoms with Crippen molar-refractivity contribution < 1.29 is 14.1 Å². The van der Waals surface area contributed by atoms with Crippen molar-refractivity contribution in [3.05, 3.63) is 11.7 Å². The SMILES string of the molecule is CCOC(C)c1noc(CN(C)C(=O)C2CCCNC2)n1. The van der Waals surface area contributed by atoms with E-state index in [9.17, 15) is 4.79 Å². The highest BCUT2D eigenvalue weighted by atomic mass is 16.5. The zero-order valence-corrected chi connectivity index (χ0v) is 13.0. The van der Waals surface area contributed by atoms with Crippen LogP contribution in [0, 0.1) is 5.92 Å². The van der Waals surface area contributed by atoms with E-state index in [2.05, 4.69) is 15.5 Å². The van der Waals surface area contributed by atoms with Crippen molar-refractivity contribution in [1.29, 1.82) is 0 Å². The van der Waals surface area contributed by atoms with Crippen LogP contribution in [0.25, 0.3) is 0 Å². The number of aromatic nitrogens is 2. The van der Waals surface area contributed by atoms with Crippen molar-refractivity contribution >= 4 is 5.91 Å². The van der Waals surface area contributed by atoms with E-state index in [1.807, 2.05) is 13.8 Å². The first-order chi connectivity index (χ1) is 10.1. The Morgan fingerprint density at radius 1 is 1.62 bits per heavy atom. The molecule has 118 valence electrons. The highest BCUT2D eigenvalue weighted by molar-refractivity contribution is 5.78. The molecule has 7 heteroatoms. The molecule has 0 aliphatic carbocycles. The zero-order chi connectivity index (χ0) is 15.2. The van der Waals surface area contributed by atoms with Gasteiger partial charge in [0, 0.05) is 20.2 Å². The fourth-order valence-electron chi connectivity index (χ4n) is 2.48. The molecule has 1 aliphatic rings. The third-order valence-corrected chi connectivity index (χ3v) is 3.66. The summed E-state index contributed by atoms with van der Waals surface area (Å²) in [6.45, 7) is 6.47. The summed E-state index contributed by atoms with van der Waals surface area (Å²) in [6, 6.07) is 0. The molecule has 0 saturated carbocycles. The number of nitrogens with one attached hydrogen (secondary N) is 1. The topological polar surface area (TPSA) is 80.5 Å². The van der Waals surface area contributed by atoms with E-state index in [1.165, 1.54) is 0 Å². The van der Waals surface area contributed by atoms with Crippen molar-refractivity contribution in [3.63, 3.8) is 0 Å². The minimum Gasteiger partial charge on any atom is -0.371 e. The first-order valence-corrected chi connectivity index (χ1v) is 7.51. The van der Waals surface area contributed by atoms with Gasteiger partial charge in [0.25, 0.3) is 0 Å². The number of piperidine rings is 1. The number of nitrogens with zero attached hydrogens (tertiary/aromatic N) is 3. The molecule has 1 amide bonds. The highest BCUT2D eigenvalue weighted by Crippen LogP contribution is 2.16. The third-order valence-electron chi connectivity index (χ3n) is 3.66. The first-order valence-electron chi connectivity index (χ1n) is 7.51. The van der Waals surface area contributed by atoms with E-state index in [-0.39, 0.29) is 17.9 Å². The molecule has 1 fully saturated rings. The minimum absolute atomic E-state index is 0.0495. The van der Waals surface area contributed by atoms with Gasteiger partial charge in [-0.1, -0.05) is 5.16 Å². The third kappa shape index (κ3) is 4.25. The van der Waals surface area contributed by atoms with Crippen molar-refractivity contribution in [2.45, 2.75) is 39.3 Å². The van der Waals surface area contributed by atoms with Gasteiger partial charge >= 0.3 is 0 Å². The van der Waals surface area contributed by atoms with Crippen molar-refractivity contribution in [1.82, 2.24) is 20.4 Å². The van der Waals surface area contributed by atoms with Gasteiger partial charge in [0.1, 0.15) is 6.10 Å². The number of rotatable bonds is 6. The van der Waals surface area contributed by atoms with Gasteiger partial charge in [0.15, 0.2) is 5.82 Å². The Balaban J connectivity index is 1.89. The lowest BCUT2D eigenvalue weighted by atomic mass is 9.98. The normalized spacial score (nSPS) is 20.2. The van der Waals surface area contributed by atoms with Gasteiger partial charge in [-0.05, 0) is 33.2 Å². The van der Waals surface area contributed by atoms with Crippen LogP contribution in [-0.2, 0) is 16.1 Å². The predicted molar refractivity (Wildman–Crippen MR) is 76.4 cm³/mol. The molecule has 0 aromatic carbocycles. The Bertz CT molecular complexity index is 457. The van der Waals surface area contributed by atoms with E-state index in [0.717, 1.165) is 25.9 Å². The van der Waals surface area contributed by atoms with Gasteiger partial charge in [-0.3, -0.25) is 4.79 Å². The summed E-state index contributed by atoms with van der Waals surface area (Å²) in [7, 11) is 1.77. The van der Waals surface area contributed by atoms with Crippen LogP contribution in [0.15, 0.2) is 4.52 Å². The average molecular weight is 296 g/mol. The number of hydrogen-bond acceptors (Lipinski definition) is 6. The van der Waals surface area contributed by atoms with Crippen LogP contribution in [-0.4, -0.2) is 47.7 Å². The molecule has 1 aliphatic heterocycles. The maximum absolute atomic E-state index is 12.3. The number of ether oxygens (including phenoxy) is 1. The molecule has 0 spiro atoms. The number of carbonyl (C=O) groups is 1. The summed E-state index contributed by atoms with van der Waals surface area (Å²) in [5.41, 5.74) is 0. The fraction of sp³-hybridized carbons (Fsp3) is 0.786. The van der Waals surface area contributed by atoms with Crippen LogP contribution < -0.4 is 5.32 Å². The lowest BCUT2D eigenvalue weighted by molar-refractivity contribution is -0.135. The van der Waals surface area contributed by atoms with Crippen LogP contribution in [0.1, 0.15) is 44.5 Å². The van der Waals surface area contributed by atoms with E-state index in [1.54, 1.807) is 11.9 Å². The molecular weight excluding hydrogens is 272 g/mol. The van der Waals surface area contributed by atoms with Gasteiger partial charge in [-0.25, -0.2) is 0 Å². The molecule has 2 heterocycles. The quantitative estimate of drug-likeness (QED) is 0.847. The molecule has 2 atom stereocenters. The molecule has 2 rings (SSSR count). The standard InChI is InChI=1S/C14H24N4O3/c1-4-20-10(2)13-16-12(21-17-13)9-18(3)14(19)11-6-5-7-15-8-11/h10-11,15H,4-9H2,1-3H3. The maximum Gasteiger partial charge on any atom is 0.246 e. The molecule has 21 heavy (non-hydrogen) atoms. The lowest BCUT2D eigenvalue weighted by Gasteiger charge is -2.26. The van der Waals surface area contributed by atoms with Gasteiger partial charge in [-0.15, -0.1) is 0 Å². The molecule has 1 saturated heterocycles. The summed E-state index contributed by atoms with van der Waals surface area (Å²) in [5, 5.41) is 7.15. The molecular formula is C14H24N4O3. The molecule has 1 N–H and O–H groups in total. The van der Waals surface area contributed by atoms with Crippen LogP contribution in [0.3, 0.4) is 0 Å². The predicted octanol–water partition coefficient (Wildman–Crippen LogP) is 1.13. The van der Waals surface area contributed by atoms with Crippen LogP contribution in [0.2, 0.25) is 0 Å². The van der Waals surface area contributed by atoms with Crippen LogP contribution in [0.4, 0.5) is 0 Å². The van der Waals surface area contributed by atoms with Gasteiger partial charge in [0.2, 0.25) is 11.8 Å². The second-order valence-corrected chi connectivity index (χ2v) is 5.38. The van der Waals surface area contributed by atoms with Crippen molar-refractivity contribution in [3.8, 4) is 0 Å². The summed E-state index contributed by atoms with van der Waals surface area (Å²) < 4.78 is 10.6. The zero-order valence-electron chi connectivity index (χ0n) is 13.0. The first kappa shape index (κ1) is 15.9.